The molecule has 4 aromatic rings. The number of amides is 1. The van der Waals surface area contributed by atoms with Crippen LogP contribution in [0.3, 0.4) is 0 Å². The van der Waals surface area contributed by atoms with E-state index in [4.69, 9.17) is 4.74 Å². The topological polar surface area (TPSA) is 97.9 Å². The molecule has 1 heterocycles. The van der Waals surface area contributed by atoms with Crippen molar-refractivity contribution in [2.24, 2.45) is 5.10 Å². The van der Waals surface area contributed by atoms with Gasteiger partial charge in [0.15, 0.2) is 0 Å². The molecule has 8 nitrogen and oxygen atoms in total. The van der Waals surface area contributed by atoms with Gasteiger partial charge in [-0.05, 0) is 66.6 Å². The maximum Gasteiger partial charge on any atom is 0.273 e. The zero-order valence-corrected chi connectivity index (χ0v) is 19.3. The van der Waals surface area contributed by atoms with Crippen molar-refractivity contribution < 1.29 is 18.8 Å². The predicted molar refractivity (Wildman–Crippen MR) is 134 cm³/mol. The number of nitro benzene ring substituents is 1. The molecule has 1 aromatic heterocycles. The first kappa shape index (κ1) is 23.7. The van der Waals surface area contributed by atoms with E-state index in [9.17, 15) is 19.3 Å². The summed E-state index contributed by atoms with van der Waals surface area (Å²) >= 11 is 1.12. The fourth-order valence-electron chi connectivity index (χ4n) is 3.10. The number of hydrazone groups is 1. The number of non-ortho nitro benzene ring substituents is 1. The first-order chi connectivity index (χ1) is 16.9. The van der Waals surface area contributed by atoms with Gasteiger partial charge in [-0.3, -0.25) is 14.9 Å². The Morgan fingerprint density at radius 3 is 2.71 bits per heavy atom. The summed E-state index contributed by atoms with van der Waals surface area (Å²) in [5, 5.41) is 16.7. The molecule has 0 saturated carbocycles. The van der Waals surface area contributed by atoms with Crippen molar-refractivity contribution >= 4 is 50.6 Å². The van der Waals surface area contributed by atoms with Crippen LogP contribution in [0.4, 0.5) is 15.2 Å². The quantitative estimate of drug-likeness (QED) is 0.134. The van der Waals surface area contributed by atoms with Crippen LogP contribution in [0.1, 0.15) is 18.1 Å². The first-order valence-electron chi connectivity index (χ1n) is 10.5. The van der Waals surface area contributed by atoms with Crippen molar-refractivity contribution in [3.05, 3.63) is 99.9 Å². The van der Waals surface area contributed by atoms with E-state index in [1.54, 1.807) is 30.3 Å². The second kappa shape index (κ2) is 10.7. The van der Waals surface area contributed by atoms with Crippen LogP contribution < -0.4 is 9.75 Å². The fraction of sp³-hybridized carbons (Fsp3) is 0.0800. The fourth-order valence-corrected chi connectivity index (χ4v) is 4.05. The van der Waals surface area contributed by atoms with Gasteiger partial charge >= 0.3 is 0 Å². The standard InChI is InChI=1S/C25H19FN4O4S/c1-2-34-21-10-6-18(7-11-21)16-27-29(25-28-22-12-9-19(26)15-23(22)35-25)24(31)13-8-17-4-3-5-20(14-17)30(32)33/h3-16H,2H2,1H3/b13-8+,27-16+. The van der Waals surface area contributed by atoms with Crippen LogP contribution in [0.2, 0.25) is 0 Å². The van der Waals surface area contributed by atoms with E-state index in [0.29, 0.717) is 28.1 Å². The van der Waals surface area contributed by atoms with Crippen LogP contribution >= 0.6 is 11.3 Å². The molecule has 0 saturated heterocycles. The predicted octanol–water partition coefficient (Wildman–Crippen LogP) is 5.82. The lowest BCUT2D eigenvalue weighted by atomic mass is 10.2. The minimum absolute atomic E-state index is 0.0850. The third-order valence-corrected chi connectivity index (χ3v) is 5.74. The number of benzene rings is 3. The van der Waals surface area contributed by atoms with E-state index in [1.807, 2.05) is 6.92 Å². The van der Waals surface area contributed by atoms with Gasteiger partial charge in [0.2, 0.25) is 5.13 Å². The number of nitro groups is 1. The van der Waals surface area contributed by atoms with Crippen LogP contribution in [-0.2, 0) is 4.79 Å². The Balaban J connectivity index is 1.65. The summed E-state index contributed by atoms with van der Waals surface area (Å²) in [7, 11) is 0. The minimum atomic E-state index is -0.529. The number of fused-ring (bicyclic) bond motifs is 1. The zero-order chi connectivity index (χ0) is 24.8. The largest absolute Gasteiger partial charge is 0.494 e. The van der Waals surface area contributed by atoms with Crippen molar-refractivity contribution in [1.29, 1.82) is 0 Å². The lowest BCUT2D eigenvalue weighted by Crippen LogP contribution is -2.23. The molecule has 10 heteroatoms. The number of carbonyl (C=O) groups is 1. The number of halogens is 1. The molecule has 0 atom stereocenters. The molecule has 0 radical (unpaired) electrons. The third-order valence-electron chi connectivity index (χ3n) is 4.74. The Morgan fingerprint density at radius 1 is 1.17 bits per heavy atom. The van der Waals surface area contributed by atoms with Crippen LogP contribution in [0.15, 0.2) is 77.9 Å². The Morgan fingerprint density at radius 2 is 1.97 bits per heavy atom. The Kier molecular flexibility index (Phi) is 7.22. The van der Waals surface area contributed by atoms with Gasteiger partial charge in [-0.2, -0.15) is 10.1 Å². The average Bonchev–Trinajstić information content (AvgIpc) is 3.27. The van der Waals surface area contributed by atoms with Crippen LogP contribution in [0, 0.1) is 15.9 Å². The van der Waals surface area contributed by atoms with E-state index in [1.165, 1.54) is 54.8 Å². The normalized spacial score (nSPS) is 11.4. The summed E-state index contributed by atoms with van der Waals surface area (Å²) in [6, 6.07) is 17.2. The molecule has 1 amide bonds. The number of thiazole rings is 1. The van der Waals surface area contributed by atoms with Gasteiger partial charge in [-0.15, -0.1) is 0 Å². The molecule has 4 rings (SSSR count). The summed E-state index contributed by atoms with van der Waals surface area (Å²) < 4.78 is 19.7. The molecule has 0 bridgehead atoms. The van der Waals surface area contributed by atoms with Gasteiger partial charge < -0.3 is 4.74 Å². The zero-order valence-electron chi connectivity index (χ0n) is 18.5. The van der Waals surface area contributed by atoms with E-state index < -0.39 is 16.6 Å². The molecule has 0 spiro atoms. The number of nitrogens with zero attached hydrogens (tertiary/aromatic N) is 4. The highest BCUT2D eigenvalue weighted by Crippen LogP contribution is 2.30. The molecule has 0 fully saturated rings. The molecule has 35 heavy (non-hydrogen) atoms. The summed E-state index contributed by atoms with van der Waals surface area (Å²) in [5.41, 5.74) is 1.65. The number of rotatable bonds is 8. The second-order valence-corrected chi connectivity index (χ2v) is 8.20. The van der Waals surface area contributed by atoms with Crippen molar-refractivity contribution in [2.45, 2.75) is 6.92 Å². The summed E-state index contributed by atoms with van der Waals surface area (Å²) in [6.07, 6.45) is 4.21. The summed E-state index contributed by atoms with van der Waals surface area (Å²) in [5.74, 6) is -0.224. The van der Waals surface area contributed by atoms with E-state index in [-0.39, 0.29) is 10.8 Å². The molecule has 0 aliphatic carbocycles. The van der Waals surface area contributed by atoms with Gasteiger partial charge in [0.05, 0.1) is 28.0 Å². The van der Waals surface area contributed by atoms with Gasteiger partial charge in [0, 0.05) is 18.2 Å². The highest BCUT2D eigenvalue weighted by atomic mass is 32.1. The third kappa shape index (κ3) is 5.92. The van der Waals surface area contributed by atoms with Crippen molar-refractivity contribution in [3.63, 3.8) is 0 Å². The van der Waals surface area contributed by atoms with Crippen molar-refractivity contribution in [3.8, 4) is 5.75 Å². The van der Waals surface area contributed by atoms with Crippen molar-refractivity contribution in [2.75, 3.05) is 11.6 Å². The highest BCUT2D eigenvalue weighted by molar-refractivity contribution is 7.22. The number of anilines is 1. The summed E-state index contributed by atoms with van der Waals surface area (Å²) in [6.45, 7) is 2.44. The Bertz CT molecular complexity index is 1430. The Hall–Kier alpha value is -4.44. The molecule has 0 aliphatic heterocycles. The average molecular weight is 491 g/mol. The maximum atomic E-state index is 13.7. The molecule has 0 aliphatic rings. The van der Waals surface area contributed by atoms with E-state index >= 15 is 0 Å². The molecule has 0 N–H and O–H groups in total. The number of hydrogen-bond acceptors (Lipinski definition) is 7. The molecular weight excluding hydrogens is 471 g/mol. The minimum Gasteiger partial charge on any atom is -0.494 e. The first-order valence-corrected chi connectivity index (χ1v) is 11.3. The lowest BCUT2D eigenvalue weighted by molar-refractivity contribution is -0.384. The van der Waals surface area contributed by atoms with Crippen molar-refractivity contribution in [1.82, 2.24) is 4.98 Å². The van der Waals surface area contributed by atoms with E-state index in [0.717, 1.165) is 21.9 Å². The maximum absolute atomic E-state index is 13.7. The molecule has 0 unspecified atom stereocenters. The van der Waals surface area contributed by atoms with Gasteiger partial charge in [0.1, 0.15) is 11.6 Å². The van der Waals surface area contributed by atoms with Gasteiger partial charge in [0.25, 0.3) is 11.6 Å². The number of ether oxygens (including phenoxy) is 1. The van der Waals surface area contributed by atoms with Crippen LogP contribution in [0.25, 0.3) is 16.3 Å². The SMILES string of the molecule is CCOc1ccc(/C=N/N(C(=O)/C=C/c2cccc([N+](=O)[O-])c2)c2nc3ccc(F)cc3s2)cc1. The monoisotopic (exact) mass is 490 g/mol. The molecule has 3 aromatic carbocycles. The highest BCUT2D eigenvalue weighted by Gasteiger charge is 2.18. The summed E-state index contributed by atoms with van der Waals surface area (Å²) in [4.78, 5) is 28.0. The number of aromatic nitrogens is 1. The van der Waals surface area contributed by atoms with E-state index in [2.05, 4.69) is 10.1 Å². The smallest absolute Gasteiger partial charge is 0.273 e. The lowest BCUT2D eigenvalue weighted by Gasteiger charge is -2.11. The van der Waals surface area contributed by atoms with Gasteiger partial charge in [-0.25, -0.2) is 9.37 Å². The second-order valence-electron chi connectivity index (χ2n) is 7.19. The number of carbonyl (C=O) groups excluding carboxylic acids is 1. The molecule has 176 valence electrons. The number of hydrogen-bond donors (Lipinski definition) is 0. The van der Waals surface area contributed by atoms with Crippen LogP contribution in [0.5, 0.6) is 5.75 Å². The Labute approximate surface area is 203 Å². The molecular formula is C25H19FN4O4S. The van der Waals surface area contributed by atoms with Crippen LogP contribution in [-0.4, -0.2) is 28.6 Å². The van der Waals surface area contributed by atoms with Gasteiger partial charge in [-0.1, -0.05) is 23.5 Å².